The van der Waals surface area contributed by atoms with Gasteiger partial charge in [0.05, 0.1) is 24.3 Å². The SMILES string of the molecule is CC1CCC(Oc2ccc(C3CSC(N(Cc4cccc(C(=O)O)c4)Cc4cccs4)=N3)cc2)CC1. The summed E-state index contributed by atoms with van der Waals surface area (Å²) in [7, 11) is 0. The van der Waals surface area contributed by atoms with Crippen molar-refractivity contribution < 1.29 is 14.6 Å². The number of thioether (sulfide) groups is 1. The molecule has 1 N–H and O–H groups in total. The zero-order valence-electron chi connectivity index (χ0n) is 20.5. The number of carboxylic acid groups (broad SMARTS) is 1. The maximum absolute atomic E-state index is 11.5. The first-order chi connectivity index (χ1) is 17.5. The van der Waals surface area contributed by atoms with Crippen LogP contribution >= 0.6 is 23.1 Å². The van der Waals surface area contributed by atoms with E-state index in [9.17, 15) is 9.90 Å². The van der Waals surface area contributed by atoms with E-state index in [-0.39, 0.29) is 6.04 Å². The minimum Gasteiger partial charge on any atom is -0.490 e. The highest BCUT2D eigenvalue weighted by molar-refractivity contribution is 8.14. The van der Waals surface area contributed by atoms with Crippen molar-refractivity contribution in [3.05, 3.63) is 87.6 Å². The molecule has 0 saturated heterocycles. The number of rotatable bonds is 8. The largest absolute Gasteiger partial charge is 0.490 e. The monoisotopic (exact) mass is 520 g/mol. The standard InChI is InChI=1S/C29H32N2O3S2/c1-20-7-11-24(12-8-20)34-25-13-9-22(10-14-25)27-19-36-29(30-27)31(18-26-6-3-15-35-26)17-21-4-2-5-23(16-21)28(32)33/h2-6,9-10,13-16,20,24,27H,7-8,11-12,17-19H2,1H3,(H,32,33). The molecule has 2 heterocycles. The molecule has 1 fully saturated rings. The van der Waals surface area contributed by atoms with Gasteiger partial charge in [0.25, 0.3) is 0 Å². The van der Waals surface area contributed by atoms with Gasteiger partial charge >= 0.3 is 5.97 Å². The lowest BCUT2D eigenvalue weighted by Gasteiger charge is -2.27. The van der Waals surface area contributed by atoms with E-state index in [2.05, 4.69) is 53.6 Å². The van der Waals surface area contributed by atoms with Crippen LogP contribution in [0.4, 0.5) is 0 Å². The molecule has 1 atom stereocenters. The van der Waals surface area contributed by atoms with Crippen LogP contribution in [0.25, 0.3) is 0 Å². The summed E-state index contributed by atoms with van der Waals surface area (Å²) in [5.74, 6) is 1.76. The molecule has 0 bridgehead atoms. The van der Waals surface area contributed by atoms with E-state index in [1.807, 2.05) is 12.1 Å². The predicted octanol–water partition coefficient (Wildman–Crippen LogP) is 7.25. The van der Waals surface area contributed by atoms with Crippen molar-refractivity contribution in [3.8, 4) is 5.75 Å². The lowest BCUT2D eigenvalue weighted by molar-refractivity contribution is 0.0696. The molecule has 0 spiro atoms. The molecule has 3 aromatic rings. The molecule has 1 aliphatic heterocycles. The minimum atomic E-state index is -0.903. The van der Waals surface area contributed by atoms with Crippen LogP contribution in [0.1, 0.15) is 65.0 Å². The summed E-state index contributed by atoms with van der Waals surface area (Å²) in [6, 6.07) is 20.0. The number of thiophene rings is 1. The van der Waals surface area contributed by atoms with Gasteiger partial charge in [-0.2, -0.15) is 0 Å². The first-order valence-electron chi connectivity index (χ1n) is 12.6. The van der Waals surface area contributed by atoms with Crippen LogP contribution in [0.5, 0.6) is 5.75 Å². The summed E-state index contributed by atoms with van der Waals surface area (Å²) in [5.41, 5.74) is 2.48. The zero-order chi connectivity index (χ0) is 24.9. The van der Waals surface area contributed by atoms with Crippen LogP contribution in [-0.2, 0) is 13.1 Å². The Hall–Kier alpha value is -2.77. The van der Waals surface area contributed by atoms with Crippen LogP contribution < -0.4 is 4.74 Å². The van der Waals surface area contributed by atoms with Crippen molar-refractivity contribution in [2.75, 3.05) is 5.75 Å². The molecular weight excluding hydrogens is 488 g/mol. The average Bonchev–Trinajstić information content (AvgIpc) is 3.58. The number of hydrogen-bond acceptors (Lipinski definition) is 6. The van der Waals surface area contributed by atoms with Crippen LogP contribution in [0, 0.1) is 5.92 Å². The molecule has 5 rings (SSSR count). The van der Waals surface area contributed by atoms with Crippen molar-refractivity contribution in [3.63, 3.8) is 0 Å². The Balaban J connectivity index is 1.29. The highest BCUT2D eigenvalue weighted by Crippen LogP contribution is 2.34. The Labute approximate surface area is 221 Å². The molecule has 0 radical (unpaired) electrons. The molecule has 1 saturated carbocycles. The van der Waals surface area contributed by atoms with Crippen molar-refractivity contribution in [1.82, 2.24) is 4.90 Å². The topological polar surface area (TPSA) is 62.1 Å². The summed E-state index contributed by atoms with van der Waals surface area (Å²) < 4.78 is 6.24. The van der Waals surface area contributed by atoms with Gasteiger partial charge in [-0.1, -0.05) is 49.0 Å². The van der Waals surface area contributed by atoms with Crippen LogP contribution in [-0.4, -0.2) is 33.0 Å². The molecule has 0 amide bonds. The van der Waals surface area contributed by atoms with Gasteiger partial charge in [0.2, 0.25) is 0 Å². The van der Waals surface area contributed by atoms with Gasteiger partial charge in [-0.3, -0.25) is 4.99 Å². The molecule has 2 aliphatic rings. The number of carboxylic acids is 1. The molecule has 1 unspecified atom stereocenters. The fourth-order valence-corrected chi connectivity index (χ4v) is 6.63. The predicted molar refractivity (Wildman–Crippen MR) is 148 cm³/mol. The number of aromatic carboxylic acids is 1. The number of hydrogen-bond donors (Lipinski definition) is 1. The Morgan fingerprint density at radius 1 is 1.06 bits per heavy atom. The number of amidine groups is 1. The average molecular weight is 521 g/mol. The summed E-state index contributed by atoms with van der Waals surface area (Å²) in [4.78, 5) is 20.1. The summed E-state index contributed by atoms with van der Waals surface area (Å²) in [6.07, 6.45) is 5.13. The first-order valence-corrected chi connectivity index (χ1v) is 14.5. The van der Waals surface area contributed by atoms with E-state index in [1.165, 1.54) is 23.3 Å². The van der Waals surface area contributed by atoms with Crippen molar-refractivity contribution in [2.24, 2.45) is 10.9 Å². The third-order valence-corrected chi connectivity index (χ3v) is 8.88. The highest BCUT2D eigenvalue weighted by Gasteiger charge is 2.25. The normalized spacial score (nSPS) is 21.7. The molecule has 7 heteroatoms. The lowest BCUT2D eigenvalue weighted by Crippen LogP contribution is -2.26. The maximum atomic E-state index is 11.5. The van der Waals surface area contributed by atoms with E-state index in [1.54, 1.807) is 35.2 Å². The third kappa shape index (κ3) is 6.31. The zero-order valence-corrected chi connectivity index (χ0v) is 22.1. The van der Waals surface area contributed by atoms with E-state index < -0.39 is 5.97 Å². The van der Waals surface area contributed by atoms with E-state index in [0.717, 1.165) is 47.5 Å². The van der Waals surface area contributed by atoms with Gasteiger partial charge in [-0.25, -0.2) is 4.79 Å². The van der Waals surface area contributed by atoms with Gasteiger partial charge < -0.3 is 14.7 Å². The summed E-state index contributed by atoms with van der Waals surface area (Å²) in [6.45, 7) is 3.69. The summed E-state index contributed by atoms with van der Waals surface area (Å²) >= 11 is 3.50. The first kappa shape index (κ1) is 24.9. The Morgan fingerprint density at radius 3 is 2.58 bits per heavy atom. The van der Waals surface area contributed by atoms with Crippen LogP contribution in [0.15, 0.2) is 71.0 Å². The Kier molecular flexibility index (Phi) is 7.97. The summed E-state index contributed by atoms with van der Waals surface area (Å²) in [5, 5.41) is 12.5. The van der Waals surface area contributed by atoms with Crippen molar-refractivity contribution >= 4 is 34.2 Å². The molecule has 188 valence electrons. The third-order valence-electron chi connectivity index (χ3n) is 6.91. The van der Waals surface area contributed by atoms with Crippen molar-refractivity contribution in [1.29, 1.82) is 0 Å². The highest BCUT2D eigenvalue weighted by atomic mass is 32.2. The molecule has 2 aromatic carbocycles. The fraction of sp³-hybridized carbons (Fsp3) is 0.379. The van der Waals surface area contributed by atoms with Crippen molar-refractivity contribution in [2.45, 2.75) is 57.8 Å². The van der Waals surface area contributed by atoms with Gasteiger partial charge in [-0.05, 0) is 78.4 Å². The number of aliphatic imine (C=N–C) groups is 1. The molecular formula is C29H32N2O3S2. The molecule has 1 aliphatic carbocycles. The van der Waals surface area contributed by atoms with E-state index in [0.29, 0.717) is 18.2 Å². The number of carbonyl (C=O) groups is 1. The number of ether oxygens (including phenoxy) is 1. The minimum absolute atomic E-state index is 0.103. The van der Waals surface area contributed by atoms with Gasteiger partial charge in [-0.15, -0.1) is 11.3 Å². The van der Waals surface area contributed by atoms with E-state index in [4.69, 9.17) is 9.73 Å². The number of nitrogens with zero attached hydrogens (tertiary/aromatic N) is 2. The van der Waals surface area contributed by atoms with Crippen LogP contribution in [0.3, 0.4) is 0 Å². The molecule has 1 aromatic heterocycles. The lowest BCUT2D eigenvalue weighted by atomic mass is 9.89. The second-order valence-electron chi connectivity index (χ2n) is 9.75. The second-order valence-corrected chi connectivity index (χ2v) is 11.8. The quantitative estimate of drug-likeness (QED) is 0.339. The van der Waals surface area contributed by atoms with Gasteiger partial charge in [0.1, 0.15) is 5.75 Å². The van der Waals surface area contributed by atoms with Gasteiger partial charge in [0.15, 0.2) is 5.17 Å². The van der Waals surface area contributed by atoms with E-state index >= 15 is 0 Å². The Bertz CT molecular complexity index is 1190. The fourth-order valence-electron chi connectivity index (χ4n) is 4.82. The smallest absolute Gasteiger partial charge is 0.335 e. The van der Waals surface area contributed by atoms with Crippen LogP contribution in [0.2, 0.25) is 0 Å². The number of benzene rings is 2. The Morgan fingerprint density at radius 2 is 1.86 bits per heavy atom. The molecule has 36 heavy (non-hydrogen) atoms. The van der Waals surface area contributed by atoms with Gasteiger partial charge in [0, 0.05) is 17.2 Å². The molecule has 5 nitrogen and oxygen atoms in total. The maximum Gasteiger partial charge on any atom is 0.335 e. The second kappa shape index (κ2) is 11.5.